The van der Waals surface area contributed by atoms with Crippen molar-refractivity contribution < 1.29 is 27.9 Å². The third-order valence-electron chi connectivity index (χ3n) is 6.14. The van der Waals surface area contributed by atoms with Crippen molar-refractivity contribution in [2.75, 3.05) is 45.5 Å². The lowest BCUT2D eigenvalue weighted by Gasteiger charge is -2.17. The van der Waals surface area contributed by atoms with Crippen molar-refractivity contribution in [3.8, 4) is 5.75 Å². The lowest BCUT2D eigenvalue weighted by atomic mass is 10.1. The van der Waals surface area contributed by atoms with Crippen molar-refractivity contribution in [1.82, 2.24) is 14.5 Å². The molecule has 0 aliphatic carbocycles. The Kier molecular flexibility index (Phi) is 9.45. The highest BCUT2D eigenvalue weighted by Crippen LogP contribution is 2.48. The van der Waals surface area contributed by atoms with Crippen molar-refractivity contribution in [3.05, 3.63) is 58.9 Å². The summed E-state index contributed by atoms with van der Waals surface area (Å²) in [6.45, 7) is 5.12. The second-order valence-corrected chi connectivity index (χ2v) is 11.2. The summed E-state index contributed by atoms with van der Waals surface area (Å²) in [5.74, 6) is 0.841. The van der Waals surface area contributed by atoms with Gasteiger partial charge in [0.25, 0.3) is 0 Å². The summed E-state index contributed by atoms with van der Waals surface area (Å²) in [5.41, 5.74) is 3.57. The van der Waals surface area contributed by atoms with E-state index in [0.29, 0.717) is 49.6 Å². The normalized spacial score (nSPS) is 11.7. The number of carbonyl (C=O) groups excluding carboxylic acids is 1. The van der Waals surface area contributed by atoms with E-state index in [-0.39, 0.29) is 11.4 Å². The summed E-state index contributed by atoms with van der Waals surface area (Å²) in [6, 6.07) is 13.1. The van der Waals surface area contributed by atoms with Gasteiger partial charge in [0.2, 0.25) is 5.28 Å². The zero-order valence-corrected chi connectivity index (χ0v) is 24.1. The molecule has 0 unspecified atom stereocenters. The zero-order valence-electron chi connectivity index (χ0n) is 22.4. The van der Waals surface area contributed by atoms with E-state index in [4.69, 9.17) is 30.1 Å². The molecule has 4 rings (SSSR count). The number of nitrogens with zero attached hydrogens (tertiary/aromatic N) is 3. The summed E-state index contributed by atoms with van der Waals surface area (Å²) in [7, 11) is -0.188. The van der Waals surface area contributed by atoms with Gasteiger partial charge in [-0.05, 0) is 67.8 Å². The first-order valence-corrected chi connectivity index (χ1v) is 14.8. The Bertz CT molecular complexity index is 1500. The molecule has 1 N–H and O–H groups in total. The maximum absolute atomic E-state index is 12.9. The smallest absolute Gasteiger partial charge is 0.337 e. The van der Waals surface area contributed by atoms with Gasteiger partial charge in [0.05, 0.1) is 44.7 Å². The van der Waals surface area contributed by atoms with Gasteiger partial charge in [-0.3, -0.25) is 4.57 Å². The molecule has 2 aromatic heterocycles. The zero-order chi connectivity index (χ0) is 28.0. The first-order valence-electron chi connectivity index (χ1n) is 12.6. The molecule has 0 aliphatic heterocycles. The van der Waals surface area contributed by atoms with E-state index in [2.05, 4.69) is 15.3 Å². The summed E-state index contributed by atoms with van der Waals surface area (Å²) < 4.78 is 35.9. The molecule has 0 bridgehead atoms. The molecule has 0 atom stereocenters. The molecule has 12 heteroatoms. The minimum atomic E-state index is -3.16. The van der Waals surface area contributed by atoms with Crippen LogP contribution in [-0.2, 0) is 24.9 Å². The van der Waals surface area contributed by atoms with Gasteiger partial charge in [0, 0.05) is 18.5 Å². The van der Waals surface area contributed by atoms with Gasteiger partial charge in [-0.1, -0.05) is 12.1 Å². The number of aromatic nitrogens is 3. The number of fused-ring (bicyclic) bond motifs is 3. The number of ether oxygens (including phenoxy) is 2. The number of carbonyl (C=O) groups is 1. The summed E-state index contributed by atoms with van der Waals surface area (Å²) >= 11 is 6.36. The molecule has 39 heavy (non-hydrogen) atoms. The van der Waals surface area contributed by atoms with Gasteiger partial charge in [0.15, 0.2) is 5.82 Å². The van der Waals surface area contributed by atoms with Crippen LogP contribution in [0.1, 0.15) is 36.2 Å². The molecule has 208 valence electrons. The van der Waals surface area contributed by atoms with Crippen LogP contribution in [0.4, 0.5) is 5.82 Å². The van der Waals surface area contributed by atoms with E-state index in [0.717, 1.165) is 27.7 Å². The lowest BCUT2D eigenvalue weighted by Crippen LogP contribution is -2.10. The Balaban J connectivity index is 1.76. The Morgan fingerprint density at radius 1 is 1.05 bits per heavy atom. The van der Waals surface area contributed by atoms with Crippen LogP contribution >= 0.6 is 19.2 Å². The maximum atomic E-state index is 12.9. The Morgan fingerprint density at radius 2 is 1.77 bits per heavy atom. The van der Waals surface area contributed by atoms with Gasteiger partial charge in [-0.2, -0.15) is 4.98 Å². The minimum Gasteiger partial charge on any atom is -0.497 e. The highest BCUT2D eigenvalue weighted by molar-refractivity contribution is 7.53. The number of methoxy groups -OCH3 is 2. The van der Waals surface area contributed by atoms with Gasteiger partial charge < -0.3 is 28.4 Å². The van der Waals surface area contributed by atoms with Crippen LogP contribution in [0.5, 0.6) is 5.75 Å². The standard InChI is InChI=1S/C27H32ClN4O6P/c1-5-37-39(34,38-6-2)15-7-14-29-25-24-23(30-27(28)31-25)21-13-10-19(26(33)36-4)16-22(21)32(24)17-18-8-11-20(35-3)12-9-18/h8-13,16H,5-7,14-15,17H2,1-4H3,(H,29,30,31). The van der Waals surface area contributed by atoms with Gasteiger partial charge >= 0.3 is 13.6 Å². The third-order valence-corrected chi connectivity index (χ3v) is 8.48. The highest BCUT2D eigenvalue weighted by atomic mass is 35.5. The number of hydrogen-bond donors (Lipinski definition) is 1. The number of nitrogens with one attached hydrogen (secondary N) is 1. The first kappa shape index (κ1) is 28.8. The van der Waals surface area contributed by atoms with Crippen LogP contribution < -0.4 is 10.1 Å². The molecule has 0 saturated carbocycles. The van der Waals surface area contributed by atoms with E-state index < -0.39 is 13.6 Å². The van der Waals surface area contributed by atoms with Crippen LogP contribution in [0, 0.1) is 0 Å². The predicted octanol–water partition coefficient (Wildman–Crippen LogP) is 6.15. The Labute approximate surface area is 232 Å². The summed E-state index contributed by atoms with van der Waals surface area (Å²) in [5, 5.41) is 4.24. The molecule has 2 aromatic carbocycles. The number of hydrogen-bond acceptors (Lipinski definition) is 9. The van der Waals surface area contributed by atoms with E-state index >= 15 is 0 Å². The first-order chi connectivity index (χ1) is 18.8. The molecule has 0 amide bonds. The van der Waals surface area contributed by atoms with Crippen LogP contribution in [0.2, 0.25) is 5.28 Å². The molecule has 2 heterocycles. The second kappa shape index (κ2) is 12.8. The van der Waals surface area contributed by atoms with E-state index in [9.17, 15) is 9.36 Å². The second-order valence-electron chi connectivity index (χ2n) is 8.65. The van der Waals surface area contributed by atoms with Crippen LogP contribution in [0.3, 0.4) is 0 Å². The highest BCUT2D eigenvalue weighted by Gasteiger charge is 2.23. The molecular weight excluding hydrogens is 543 g/mol. The molecule has 0 aliphatic rings. The summed E-state index contributed by atoms with van der Waals surface area (Å²) in [4.78, 5) is 21.4. The summed E-state index contributed by atoms with van der Waals surface area (Å²) in [6.07, 6.45) is 0.784. The monoisotopic (exact) mass is 574 g/mol. The van der Waals surface area contributed by atoms with Crippen molar-refractivity contribution in [1.29, 1.82) is 0 Å². The number of halogens is 1. The Morgan fingerprint density at radius 3 is 2.41 bits per heavy atom. The van der Waals surface area contributed by atoms with Crippen LogP contribution in [0.25, 0.3) is 21.9 Å². The van der Waals surface area contributed by atoms with Crippen molar-refractivity contribution >= 4 is 52.9 Å². The number of benzene rings is 2. The van der Waals surface area contributed by atoms with E-state index in [1.807, 2.05) is 34.9 Å². The van der Waals surface area contributed by atoms with E-state index in [1.165, 1.54) is 7.11 Å². The lowest BCUT2D eigenvalue weighted by molar-refractivity contribution is 0.0601. The predicted molar refractivity (Wildman–Crippen MR) is 152 cm³/mol. The van der Waals surface area contributed by atoms with Crippen molar-refractivity contribution in [2.24, 2.45) is 0 Å². The van der Waals surface area contributed by atoms with Gasteiger partial charge in [-0.15, -0.1) is 0 Å². The van der Waals surface area contributed by atoms with E-state index in [1.54, 1.807) is 33.1 Å². The fourth-order valence-electron chi connectivity index (χ4n) is 4.43. The fraction of sp³-hybridized carbons (Fsp3) is 0.370. The average Bonchev–Trinajstić information content (AvgIpc) is 3.23. The van der Waals surface area contributed by atoms with Gasteiger partial charge in [-0.25, -0.2) is 9.78 Å². The molecule has 0 fully saturated rings. The third kappa shape index (κ3) is 6.53. The minimum absolute atomic E-state index is 0.0832. The average molecular weight is 575 g/mol. The topological polar surface area (TPSA) is 114 Å². The molecule has 0 saturated heterocycles. The fourth-order valence-corrected chi connectivity index (χ4v) is 6.27. The molecule has 10 nitrogen and oxygen atoms in total. The largest absolute Gasteiger partial charge is 0.497 e. The number of esters is 1. The number of anilines is 1. The quantitative estimate of drug-likeness (QED) is 0.0869. The SMILES string of the molecule is CCOP(=O)(CCCNc1nc(Cl)nc2c3ccc(C(=O)OC)cc3n(Cc3ccc(OC)cc3)c12)OCC. The molecule has 0 radical (unpaired) electrons. The van der Waals surface area contributed by atoms with Gasteiger partial charge in [0.1, 0.15) is 16.8 Å². The molecule has 0 spiro atoms. The molecule has 4 aromatic rings. The van der Waals surface area contributed by atoms with Crippen molar-refractivity contribution in [3.63, 3.8) is 0 Å². The van der Waals surface area contributed by atoms with Crippen LogP contribution in [0.15, 0.2) is 42.5 Å². The van der Waals surface area contributed by atoms with Crippen molar-refractivity contribution in [2.45, 2.75) is 26.8 Å². The maximum Gasteiger partial charge on any atom is 0.337 e. The molecular formula is C27H32ClN4O6P. The number of rotatable bonds is 13. The Hall–Kier alpha value is -3.17. The van der Waals surface area contributed by atoms with Crippen LogP contribution in [-0.4, -0.2) is 60.6 Å².